The van der Waals surface area contributed by atoms with Crippen molar-refractivity contribution in [3.8, 4) is 0 Å². The first kappa shape index (κ1) is 24.4. The van der Waals surface area contributed by atoms with Crippen molar-refractivity contribution in [3.63, 3.8) is 0 Å². The zero-order chi connectivity index (χ0) is 24.3. The molecular weight excluding hydrogens is 452 g/mol. The molecule has 0 bridgehead atoms. The van der Waals surface area contributed by atoms with Crippen LogP contribution in [0.1, 0.15) is 49.0 Å². The van der Waals surface area contributed by atoms with E-state index in [0.29, 0.717) is 19.6 Å². The van der Waals surface area contributed by atoms with Crippen molar-refractivity contribution < 1.29 is 22.7 Å². The second kappa shape index (κ2) is 9.88. The van der Waals surface area contributed by atoms with Crippen molar-refractivity contribution in [2.24, 2.45) is 11.8 Å². The Balaban J connectivity index is 1.33. The lowest BCUT2D eigenvalue weighted by Gasteiger charge is -2.34. The second-order valence-electron chi connectivity index (χ2n) is 9.80. The average molecular weight is 485 g/mol. The summed E-state index contributed by atoms with van der Waals surface area (Å²) in [7, 11) is -3.71. The molecule has 2 aromatic carbocycles. The summed E-state index contributed by atoms with van der Waals surface area (Å²) >= 11 is 0. The number of rotatable bonds is 8. The fourth-order valence-electron chi connectivity index (χ4n) is 4.78. The smallest absolute Gasteiger partial charge is 0.338 e. The number of benzene rings is 2. The van der Waals surface area contributed by atoms with Crippen molar-refractivity contribution in [1.82, 2.24) is 9.62 Å². The first-order valence-corrected chi connectivity index (χ1v) is 13.2. The molecule has 1 heterocycles. The zero-order valence-corrected chi connectivity index (χ0v) is 20.5. The van der Waals surface area contributed by atoms with Gasteiger partial charge in [-0.2, -0.15) is 4.31 Å². The minimum atomic E-state index is -3.71. The Hall–Kier alpha value is -2.71. The molecule has 8 heteroatoms. The normalized spacial score (nSPS) is 22.1. The maximum Gasteiger partial charge on any atom is 0.338 e. The minimum Gasteiger partial charge on any atom is -0.452 e. The molecule has 0 spiro atoms. The third-order valence-electron chi connectivity index (χ3n) is 6.74. The lowest BCUT2D eigenvalue weighted by molar-refractivity contribution is -0.124. The monoisotopic (exact) mass is 484 g/mol. The van der Waals surface area contributed by atoms with Gasteiger partial charge in [0, 0.05) is 25.0 Å². The summed E-state index contributed by atoms with van der Waals surface area (Å²) in [5.41, 5.74) is 1.27. The molecule has 1 saturated heterocycles. The molecule has 1 aliphatic carbocycles. The van der Waals surface area contributed by atoms with Gasteiger partial charge in [0.1, 0.15) is 0 Å². The van der Waals surface area contributed by atoms with E-state index in [9.17, 15) is 18.0 Å². The van der Waals surface area contributed by atoms with Crippen molar-refractivity contribution in [1.29, 1.82) is 0 Å². The molecule has 4 rings (SSSR count). The number of esters is 1. The van der Waals surface area contributed by atoms with Gasteiger partial charge in [0.25, 0.3) is 5.91 Å². The second-order valence-corrected chi connectivity index (χ2v) is 11.7. The SMILES string of the molecule is CC1CC(C)CN(S(=O)(=O)c2cccc(C(=O)OCC(=O)NCC3(c4ccccc4)CC3)c2)C1. The van der Waals surface area contributed by atoms with E-state index in [1.165, 1.54) is 34.1 Å². The van der Waals surface area contributed by atoms with Gasteiger partial charge < -0.3 is 10.1 Å². The maximum absolute atomic E-state index is 13.1. The number of nitrogens with zero attached hydrogens (tertiary/aromatic N) is 1. The van der Waals surface area contributed by atoms with Crippen LogP contribution in [0.2, 0.25) is 0 Å². The maximum atomic E-state index is 13.1. The van der Waals surface area contributed by atoms with Crippen LogP contribution in [0.25, 0.3) is 0 Å². The van der Waals surface area contributed by atoms with Crippen molar-refractivity contribution in [2.75, 3.05) is 26.2 Å². The Morgan fingerprint density at radius 3 is 2.35 bits per heavy atom. The van der Waals surface area contributed by atoms with Crippen LogP contribution in [0.4, 0.5) is 0 Å². The largest absolute Gasteiger partial charge is 0.452 e. The Morgan fingerprint density at radius 2 is 1.71 bits per heavy atom. The lowest BCUT2D eigenvalue weighted by Crippen LogP contribution is -2.42. The van der Waals surface area contributed by atoms with Gasteiger partial charge in [0.05, 0.1) is 10.5 Å². The fraction of sp³-hybridized carbons (Fsp3) is 0.462. The Bertz CT molecular complexity index is 1130. The van der Waals surface area contributed by atoms with Crippen molar-refractivity contribution in [3.05, 3.63) is 65.7 Å². The predicted octanol–water partition coefficient (Wildman–Crippen LogP) is 3.36. The number of hydrogen-bond donors (Lipinski definition) is 1. The summed E-state index contributed by atoms with van der Waals surface area (Å²) in [6, 6.07) is 15.9. The van der Waals surface area contributed by atoms with E-state index >= 15 is 0 Å². The third kappa shape index (κ3) is 5.50. The molecule has 7 nitrogen and oxygen atoms in total. The Morgan fingerprint density at radius 1 is 1.03 bits per heavy atom. The van der Waals surface area contributed by atoms with Crippen LogP contribution in [0.15, 0.2) is 59.5 Å². The Kier molecular flexibility index (Phi) is 7.09. The third-order valence-corrected chi connectivity index (χ3v) is 8.57. The lowest BCUT2D eigenvalue weighted by atomic mass is 9.94. The molecule has 2 unspecified atom stereocenters. The van der Waals surface area contributed by atoms with Gasteiger partial charge in [-0.05, 0) is 54.9 Å². The molecule has 1 saturated carbocycles. The highest BCUT2D eigenvalue weighted by molar-refractivity contribution is 7.89. The summed E-state index contributed by atoms with van der Waals surface area (Å²) in [6.07, 6.45) is 3.01. The highest BCUT2D eigenvalue weighted by atomic mass is 32.2. The van der Waals surface area contributed by atoms with Gasteiger partial charge in [0.15, 0.2) is 6.61 Å². The molecule has 2 aromatic rings. The number of amides is 1. The average Bonchev–Trinajstić information content (AvgIpc) is 3.62. The quantitative estimate of drug-likeness (QED) is 0.580. The first-order chi connectivity index (χ1) is 16.2. The van der Waals surface area contributed by atoms with Crippen LogP contribution in [-0.2, 0) is 25.0 Å². The van der Waals surface area contributed by atoms with Gasteiger partial charge >= 0.3 is 5.97 Å². The molecule has 2 atom stereocenters. The summed E-state index contributed by atoms with van der Waals surface area (Å²) in [4.78, 5) is 24.9. The van der Waals surface area contributed by atoms with Crippen LogP contribution in [0.3, 0.4) is 0 Å². The van der Waals surface area contributed by atoms with E-state index < -0.39 is 22.6 Å². The van der Waals surface area contributed by atoms with Crippen LogP contribution < -0.4 is 5.32 Å². The number of nitrogens with one attached hydrogen (secondary N) is 1. The van der Waals surface area contributed by atoms with E-state index in [1.807, 2.05) is 32.0 Å². The predicted molar refractivity (Wildman–Crippen MR) is 129 cm³/mol. The minimum absolute atomic E-state index is 0.0347. The highest BCUT2D eigenvalue weighted by Crippen LogP contribution is 2.47. The summed E-state index contributed by atoms with van der Waals surface area (Å²) in [5.74, 6) is -0.545. The zero-order valence-electron chi connectivity index (χ0n) is 19.7. The van der Waals surface area contributed by atoms with Gasteiger partial charge in [-0.3, -0.25) is 4.79 Å². The van der Waals surface area contributed by atoms with Crippen LogP contribution in [0.5, 0.6) is 0 Å². The number of sulfonamides is 1. The number of carbonyl (C=O) groups is 2. The molecule has 0 aromatic heterocycles. The number of piperidine rings is 1. The van der Waals surface area contributed by atoms with E-state index in [2.05, 4.69) is 17.4 Å². The van der Waals surface area contributed by atoms with Crippen molar-refractivity contribution in [2.45, 2.75) is 43.4 Å². The van der Waals surface area contributed by atoms with Crippen molar-refractivity contribution >= 4 is 21.9 Å². The van der Waals surface area contributed by atoms with E-state index in [4.69, 9.17) is 4.74 Å². The molecular formula is C26H32N2O5S. The first-order valence-electron chi connectivity index (χ1n) is 11.8. The molecule has 34 heavy (non-hydrogen) atoms. The van der Waals surface area contributed by atoms with E-state index in [1.54, 1.807) is 0 Å². The fourth-order valence-corrected chi connectivity index (χ4v) is 6.50. The highest BCUT2D eigenvalue weighted by Gasteiger charge is 2.44. The molecule has 2 fully saturated rings. The molecule has 0 radical (unpaired) electrons. The van der Waals surface area contributed by atoms with Gasteiger partial charge in [0.2, 0.25) is 10.0 Å². The summed E-state index contributed by atoms with van der Waals surface area (Å²) in [5, 5.41) is 2.86. The van der Waals surface area contributed by atoms with Crippen LogP contribution in [0, 0.1) is 11.8 Å². The van der Waals surface area contributed by atoms with E-state index in [-0.39, 0.29) is 33.6 Å². The molecule has 182 valence electrons. The molecule has 2 aliphatic rings. The van der Waals surface area contributed by atoms with Gasteiger partial charge in [-0.25, -0.2) is 13.2 Å². The topological polar surface area (TPSA) is 92.8 Å². The van der Waals surface area contributed by atoms with Gasteiger partial charge in [-0.1, -0.05) is 50.2 Å². The number of hydrogen-bond acceptors (Lipinski definition) is 5. The summed E-state index contributed by atoms with van der Waals surface area (Å²) in [6.45, 7) is 5.09. The standard InChI is InChI=1S/C26H32N2O5S/c1-19-13-20(2)16-28(15-19)34(31,32)23-10-6-7-21(14-23)25(30)33-17-24(29)27-18-26(11-12-26)22-8-4-3-5-9-22/h3-10,14,19-20H,11-13,15-18H2,1-2H3,(H,27,29). The van der Waals surface area contributed by atoms with E-state index in [0.717, 1.165) is 19.3 Å². The van der Waals surface area contributed by atoms with Gasteiger partial charge in [-0.15, -0.1) is 0 Å². The summed E-state index contributed by atoms with van der Waals surface area (Å²) < 4.78 is 32.9. The molecule has 1 aliphatic heterocycles. The van der Waals surface area contributed by atoms with Crippen LogP contribution in [-0.4, -0.2) is 50.8 Å². The molecule has 1 amide bonds. The number of carbonyl (C=O) groups excluding carboxylic acids is 2. The number of ether oxygens (including phenoxy) is 1. The van der Waals surface area contributed by atoms with Crippen LogP contribution >= 0.6 is 0 Å². The Labute approximate surface area is 201 Å². The molecule has 1 N–H and O–H groups in total.